The molecule has 0 saturated carbocycles. The van der Waals surface area contributed by atoms with E-state index < -0.39 is 0 Å². The molecular weight excluding hydrogens is 308 g/mol. The topological polar surface area (TPSA) is 33.2 Å². The third-order valence-electron chi connectivity index (χ3n) is 4.70. The number of pyridine rings is 1. The third kappa shape index (κ3) is 3.05. The highest BCUT2D eigenvalue weighted by Crippen LogP contribution is 2.33. The molecule has 3 nitrogen and oxygen atoms in total. The summed E-state index contributed by atoms with van der Waals surface area (Å²) in [6.45, 7) is 1.68. The van der Waals surface area contributed by atoms with E-state index in [2.05, 4.69) is 23.2 Å². The number of aromatic nitrogens is 1. The zero-order valence-corrected chi connectivity index (χ0v) is 14.1. The first-order valence-electron chi connectivity index (χ1n) is 8.74. The van der Waals surface area contributed by atoms with Gasteiger partial charge >= 0.3 is 0 Å². The molecule has 1 aromatic heterocycles. The SMILES string of the molecule is O=C(c1cccnc1-c1ccccc1-c1ccccc1)N1CCCC1. The summed E-state index contributed by atoms with van der Waals surface area (Å²) < 4.78 is 0. The number of carbonyl (C=O) groups excluding carboxylic acids is 1. The van der Waals surface area contributed by atoms with Gasteiger partial charge in [0.15, 0.2) is 0 Å². The van der Waals surface area contributed by atoms with Gasteiger partial charge in [0.05, 0.1) is 11.3 Å². The molecule has 3 aromatic rings. The summed E-state index contributed by atoms with van der Waals surface area (Å²) >= 11 is 0. The molecule has 2 heterocycles. The van der Waals surface area contributed by atoms with Gasteiger partial charge in [0.25, 0.3) is 5.91 Å². The van der Waals surface area contributed by atoms with Crippen molar-refractivity contribution in [3.05, 3.63) is 78.5 Å². The molecule has 1 saturated heterocycles. The lowest BCUT2D eigenvalue weighted by molar-refractivity contribution is 0.0793. The largest absolute Gasteiger partial charge is 0.339 e. The number of benzene rings is 2. The second-order valence-corrected chi connectivity index (χ2v) is 6.31. The van der Waals surface area contributed by atoms with Crippen molar-refractivity contribution in [2.24, 2.45) is 0 Å². The van der Waals surface area contributed by atoms with Crippen molar-refractivity contribution < 1.29 is 4.79 Å². The van der Waals surface area contributed by atoms with Crippen LogP contribution < -0.4 is 0 Å². The zero-order valence-electron chi connectivity index (χ0n) is 14.1. The average Bonchev–Trinajstić information content (AvgIpc) is 3.23. The van der Waals surface area contributed by atoms with Crippen LogP contribution in [0.25, 0.3) is 22.4 Å². The highest BCUT2D eigenvalue weighted by atomic mass is 16.2. The van der Waals surface area contributed by atoms with Crippen LogP contribution in [0.3, 0.4) is 0 Å². The number of likely N-dealkylation sites (tertiary alicyclic amines) is 1. The Kier molecular flexibility index (Phi) is 4.30. The summed E-state index contributed by atoms with van der Waals surface area (Å²) in [6.07, 6.45) is 3.93. The summed E-state index contributed by atoms with van der Waals surface area (Å²) in [7, 11) is 0. The first kappa shape index (κ1) is 15.6. The first-order valence-corrected chi connectivity index (χ1v) is 8.74. The third-order valence-corrected chi connectivity index (χ3v) is 4.70. The zero-order chi connectivity index (χ0) is 17.1. The van der Waals surface area contributed by atoms with Gasteiger partial charge in [-0.3, -0.25) is 9.78 Å². The van der Waals surface area contributed by atoms with Crippen LogP contribution in [0, 0.1) is 0 Å². The molecule has 0 aliphatic carbocycles. The number of hydrogen-bond donors (Lipinski definition) is 0. The maximum atomic E-state index is 13.0. The van der Waals surface area contributed by atoms with Crippen molar-refractivity contribution >= 4 is 5.91 Å². The van der Waals surface area contributed by atoms with E-state index in [1.54, 1.807) is 6.20 Å². The number of nitrogens with zero attached hydrogens (tertiary/aromatic N) is 2. The fraction of sp³-hybridized carbons (Fsp3) is 0.182. The van der Waals surface area contributed by atoms with Crippen molar-refractivity contribution in [3.8, 4) is 22.4 Å². The molecule has 2 aromatic carbocycles. The maximum Gasteiger partial charge on any atom is 0.256 e. The standard InChI is InChI=1S/C22H20N2O/c25-22(24-15-6-7-16-24)20-13-8-14-23-21(20)19-12-5-4-11-18(19)17-9-2-1-3-10-17/h1-5,8-14H,6-7,15-16H2. The van der Waals surface area contributed by atoms with Crippen LogP contribution in [-0.2, 0) is 0 Å². The predicted molar refractivity (Wildman–Crippen MR) is 100 cm³/mol. The molecule has 0 spiro atoms. The molecule has 0 N–H and O–H groups in total. The van der Waals surface area contributed by atoms with E-state index in [9.17, 15) is 4.79 Å². The monoisotopic (exact) mass is 328 g/mol. The van der Waals surface area contributed by atoms with Gasteiger partial charge in [0.1, 0.15) is 0 Å². The molecule has 0 radical (unpaired) electrons. The van der Waals surface area contributed by atoms with Crippen molar-refractivity contribution in [3.63, 3.8) is 0 Å². The van der Waals surface area contributed by atoms with Gasteiger partial charge in [0, 0.05) is 24.8 Å². The number of carbonyl (C=O) groups is 1. The van der Waals surface area contributed by atoms with Crippen LogP contribution in [-0.4, -0.2) is 28.9 Å². The van der Waals surface area contributed by atoms with Crippen LogP contribution in [0.1, 0.15) is 23.2 Å². The second kappa shape index (κ2) is 6.89. The summed E-state index contributed by atoms with van der Waals surface area (Å²) in [4.78, 5) is 19.5. The van der Waals surface area contributed by atoms with Gasteiger partial charge in [-0.15, -0.1) is 0 Å². The van der Waals surface area contributed by atoms with Gasteiger partial charge in [-0.2, -0.15) is 0 Å². The van der Waals surface area contributed by atoms with Gasteiger partial charge in [0.2, 0.25) is 0 Å². The molecule has 1 amide bonds. The Balaban J connectivity index is 1.83. The Morgan fingerprint density at radius 2 is 1.48 bits per heavy atom. The van der Waals surface area contributed by atoms with Crippen LogP contribution in [0.4, 0.5) is 0 Å². The molecule has 0 unspecified atom stereocenters. The van der Waals surface area contributed by atoms with Gasteiger partial charge in [-0.1, -0.05) is 54.6 Å². The van der Waals surface area contributed by atoms with Crippen LogP contribution >= 0.6 is 0 Å². The minimum Gasteiger partial charge on any atom is -0.339 e. The summed E-state index contributed by atoms with van der Waals surface area (Å²) in [5.41, 5.74) is 4.67. The molecule has 1 aliphatic heterocycles. The van der Waals surface area contributed by atoms with Crippen LogP contribution in [0.5, 0.6) is 0 Å². The Labute approximate surface area is 148 Å². The molecule has 1 fully saturated rings. The minimum absolute atomic E-state index is 0.0865. The van der Waals surface area contributed by atoms with Gasteiger partial charge in [-0.25, -0.2) is 0 Å². The van der Waals surface area contributed by atoms with E-state index in [0.717, 1.165) is 48.3 Å². The lowest BCUT2D eigenvalue weighted by atomic mass is 9.95. The number of hydrogen-bond acceptors (Lipinski definition) is 2. The van der Waals surface area contributed by atoms with Crippen LogP contribution in [0.15, 0.2) is 72.9 Å². The van der Waals surface area contributed by atoms with E-state index in [1.807, 2.05) is 53.4 Å². The van der Waals surface area contributed by atoms with Crippen molar-refractivity contribution in [2.75, 3.05) is 13.1 Å². The molecule has 25 heavy (non-hydrogen) atoms. The van der Waals surface area contributed by atoms with E-state index >= 15 is 0 Å². The lowest BCUT2D eigenvalue weighted by Crippen LogP contribution is -2.28. The van der Waals surface area contributed by atoms with Crippen molar-refractivity contribution in [2.45, 2.75) is 12.8 Å². The molecule has 124 valence electrons. The van der Waals surface area contributed by atoms with Gasteiger partial charge < -0.3 is 4.90 Å². The Hall–Kier alpha value is -2.94. The van der Waals surface area contributed by atoms with Crippen molar-refractivity contribution in [1.82, 2.24) is 9.88 Å². The fourth-order valence-corrected chi connectivity index (χ4v) is 3.44. The number of rotatable bonds is 3. The molecule has 0 atom stereocenters. The first-order chi connectivity index (χ1) is 12.3. The lowest BCUT2D eigenvalue weighted by Gasteiger charge is -2.18. The molecular formula is C22H20N2O. The maximum absolute atomic E-state index is 13.0. The summed E-state index contributed by atoms with van der Waals surface area (Å²) in [5.74, 6) is 0.0865. The molecule has 0 bridgehead atoms. The quantitative estimate of drug-likeness (QED) is 0.701. The Bertz CT molecular complexity index is 883. The van der Waals surface area contributed by atoms with Gasteiger partial charge in [-0.05, 0) is 36.1 Å². The highest BCUT2D eigenvalue weighted by Gasteiger charge is 2.23. The van der Waals surface area contributed by atoms with E-state index in [-0.39, 0.29) is 5.91 Å². The van der Waals surface area contributed by atoms with Crippen LogP contribution in [0.2, 0.25) is 0 Å². The van der Waals surface area contributed by atoms with E-state index in [0.29, 0.717) is 5.56 Å². The van der Waals surface area contributed by atoms with Crippen molar-refractivity contribution in [1.29, 1.82) is 0 Å². The van der Waals surface area contributed by atoms with E-state index in [4.69, 9.17) is 0 Å². The molecule has 4 rings (SSSR count). The average molecular weight is 328 g/mol. The van der Waals surface area contributed by atoms with E-state index in [1.165, 1.54) is 0 Å². The fourth-order valence-electron chi connectivity index (χ4n) is 3.44. The highest BCUT2D eigenvalue weighted by molar-refractivity contribution is 6.01. The number of amides is 1. The molecule has 1 aliphatic rings. The Morgan fingerprint density at radius 3 is 2.24 bits per heavy atom. The minimum atomic E-state index is 0.0865. The Morgan fingerprint density at radius 1 is 0.800 bits per heavy atom. The predicted octanol–water partition coefficient (Wildman–Crippen LogP) is 4.65. The smallest absolute Gasteiger partial charge is 0.256 e. The second-order valence-electron chi connectivity index (χ2n) is 6.31. The summed E-state index contributed by atoms with van der Waals surface area (Å²) in [6, 6.07) is 22.1. The summed E-state index contributed by atoms with van der Waals surface area (Å²) in [5, 5.41) is 0. The molecule has 3 heteroatoms. The normalized spacial score (nSPS) is 13.8.